The lowest BCUT2D eigenvalue weighted by molar-refractivity contribution is 0.100. The zero-order valence-corrected chi connectivity index (χ0v) is 15.6. The number of primary amides is 1. The number of halogens is 1. The Bertz CT molecular complexity index is 1190. The number of amides is 1. The van der Waals surface area contributed by atoms with E-state index in [0.717, 1.165) is 28.6 Å². The van der Waals surface area contributed by atoms with Crippen LogP contribution >= 0.6 is 11.6 Å². The van der Waals surface area contributed by atoms with Crippen molar-refractivity contribution in [2.75, 3.05) is 0 Å². The van der Waals surface area contributed by atoms with E-state index < -0.39 is 5.91 Å². The van der Waals surface area contributed by atoms with Crippen LogP contribution < -0.4 is 5.73 Å². The van der Waals surface area contributed by atoms with Crippen LogP contribution in [0, 0.1) is 0 Å². The number of nitrogens with two attached hydrogens (primary N) is 1. The molecule has 0 aliphatic carbocycles. The second kappa shape index (κ2) is 6.63. The van der Waals surface area contributed by atoms with Crippen molar-refractivity contribution in [3.63, 3.8) is 0 Å². The van der Waals surface area contributed by atoms with E-state index in [-0.39, 0.29) is 5.75 Å². The molecular weight excluding hydrogens is 360 g/mol. The summed E-state index contributed by atoms with van der Waals surface area (Å²) >= 11 is 6.15. The Labute approximate surface area is 161 Å². The summed E-state index contributed by atoms with van der Waals surface area (Å²) in [6.45, 7) is 2.61. The fraction of sp³-hybridized carbons (Fsp3) is 0.136. The molecule has 27 heavy (non-hydrogen) atoms. The Morgan fingerprint density at radius 2 is 1.81 bits per heavy atom. The zero-order valence-electron chi connectivity index (χ0n) is 14.9. The molecular formula is C22H19ClN2O2. The first-order valence-electron chi connectivity index (χ1n) is 8.80. The summed E-state index contributed by atoms with van der Waals surface area (Å²) in [5.41, 5.74) is 9.80. The molecule has 0 spiro atoms. The quantitative estimate of drug-likeness (QED) is 0.532. The minimum Gasteiger partial charge on any atom is -0.507 e. The molecule has 0 saturated heterocycles. The van der Waals surface area contributed by atoms with Gasteiger partial charge in [-0.05, 0) is 53.9 Å². The summed E-state index contributed by atoms with van der Waals surface area (Å²) in [6.07, 6.45) is 0.796. The van der Waals surface area contributed by atoms with E-state index in [1.807, 2.05) is 43.3 Å². The van der Waals surface area contributed by atoms with Crippen LogP contribution in [0.4, 0.5) is 0 Å². The van der Waals surface area contributed by atoms with Crippen LogP contribution in [-0.2, 0) is 13.0 Å². The molecule has 1 heterocycles. The van der Waals surface area contributed by atoms with Crippen molar-refractivity contribution in [1.29, 1.82) is 0 Å². The van der Waals surface area contributed by atoms with Gasteiger partial charge in [0.2, 0.25) is 5.91 Å². The van der Waals surface area contributed by atoms with E-state index in [4.69, 9.17) is 17.3 Å². The van der Waals surface area contributed by atoms with E-state index in [2.05, 4.69) is 10.6 Å². The average molecular weight is 379 g/mol. The Morgan fingerprint density at radius 3 is 2.52 bits per heavy atom. The number of aryl methyl sites for hydroxylation is 1. The number of aromatic hydroxyl groups is 1. The molecule has 0 atom stereocenters. The maximum atomic E-state index is 12.0. The number of hydrogen-bond donors (Lipinski definition) is 2. The van der Waals surface area contributed by atoms with E-state index in [9.17, 15) is 9.90 Å². The summed E-state index contributed by atoms with van der Waals surface area (Å²) in [6, 6.07) is 16.9. The Hall–Kier alpha value is -2.98. The molecule has 3 aromatic carbocycles. The molecule has 0 aliphatic rings. The van der Waals surface area contributed by atoms with Gasteiger partial charge in [-0.2, -0.15) is 0 Å². The fourth-order valence-corrected chi connectivity index (χ4v) is 3.91. The smallest absolute Gasteiger partial charge is 0.249 e. The molecule has 4 aromatic rings. The van der Waals surface area contributed by atoms with E-state index in [1.54, 1.807) is 12.1 Å². The lowest BCUT2D eigenvalue weighted by Crippen LogP contribution is -2.11. The highest BCUT2D eigenvalue weighted by Gasteiger charge is 2.19. The minimum atomic E-state index is -0.513. The number of phenolic OH excluding ortho intramolecular Hbond substituents is 1. The number of phenols is 1. The molecule has 5 heteroatoms. The summed E-state index contributed by atoms with van der Waals surface area (Å²) in [4.78, 5) is 12.0. The molecule has 4 nitrogen and oxygen atoms in total. The highest BCUT2D eigenvalue weighted by Crippen LogP contribution is 2.38. The van der Waals surface area contributed by atoms with Crippen LogP contribution in [0.25, 0.3) is 21.8 Å². The topological polar surface area (TPSA) is 68.2 Å². The van der Waals surface area contributed by atoms with Gasteiger partial charge in [-0.15, -0.1) is 0 Å². The summed E-state index contributed by atoms with van der Waals surface area (Å²) in [5, 5.41) is 12.7. The highest BCUT2D eigenvalue weighted by atomic mass is 35.5. The minimum absolute atomic E-state index is 0.160. The van der Waals surface area contributed by atoms with Crippen molar-refractivity contribution in [2.24, 2.45) is 5.73 Å². The van der Waals surface area contributed by atoms with Gasteiger partial charge in [0.15, 0.2) is 0 Å². The SMILES string of the molecule is CCc1cc(O)c2c3c(C(N)=O)cccc3n(Cc3cccc(Cl)c3)c2c1. The molecule has 0 fully saturated rings. The van der Waals surface area contributed by atoms with Crippen molar-refractivity contribution < 1.29 is 9.90 Å². The monoisotopic (exact) mass is 378 g/mol. The van der Waals surface area contributed by atoms with Crippen LogP contribution in [0.1, 0.15) is 28.4 Å². The average Bonchev–Trinajstić information content (AvgIpc) is 2.96. The first-order chi connectivity index (χ1) is 13.0. The van der Waals surface area contributed by atoms with Crippen molar-refractivity contribution in [3.8, 4) is 5.75 Å². The lowest BCUT2D eigenvalue weighted by Gasteiger charge is -2.09. The Balaban J connectivity index is 2.10. The normalized spacial score (nSPS) is 11.3. The van der Waals surface area contributed by atoms with Gasteiger partial charge < -0.3 is 15.4 Å². The third-order valence-corrected chi connectivity index (χ3v) is 5.17. The first-order valence-corrected chi connectivity index (χ1v) is 9.18. The highest BCUT2D eigenvalue weighted by molar-refractivity contribution is 6.30. The van der Waals surface area contributed by atoms with Crippen LogP contribution in [0.2, 0.25) is 5.02 Å². The van der Waals surface area contributed by atoms with Gasteiger partial charge in [-0.25, -0.2) is 0 Å². The predicted octanol–water partition coefficient (Wildman–Crippen LogP) is 4.86. The van der Waals surface area contributed by atoms with Gasteiger partial charge in [0, 0.05) is 22.5 Å². The van der Waals surface area contributed by atoms with Crippen LogP contribution in [0.5, 0.6) is 5.75 Å². The number of rotatable bonds is 4. The standard InChI is InChI=1S/C22H19ClN2O2/c1-2-13-10-18-21(19(26)11-13)20-16(22(24)27)7-4-8-17(20)25(18)12-14-5-3-6-15(23)9-14/h3-11,26H,2,12H2,1H3,(H2,24,27). The molecule has 136 valence electrons. The number of fused-ring (bicyclic) bond motifs is 3. The molecule has 4 rings (SSSR count). The van der Waals surface area contributed by atoms with Gasteiger partial charge in [0.05, 0.1) is 16.4 Å². The largest absolute Gasteiger partial charge is 0.507 e. The fourth-order valence-electron chi connectivity index (χ4n) is 3.69. The number of hydrogen-bond acceptors (Lipinski definition) is 2. The first kappa shape index (κ1) is 17.4. The molecule has 3 N–H and O–H groups in total. The van der Waals surface area contributed by atoms with Crippen molar-refractivity contribution in [1.82, 2.24) is 4.57 Å². The molecule has 0 bridgehead atoms. The second-order valence-corrected chi connectivity index (χ2v) is 7.08. The van der Waals surface area contributed by atoms with Crippen molar-refractivity contribution in [3.05, 3.63) is 76.3 Å². The number of carbonyl (C=O) groups excluding carboxylic acids is 1. The van der Waals surface area contributed by atoms with Gasteiger partial charge in [-0.1, -0.05) is 36.7 Å². The van der Waals surface area contributed by atoms with Gasteiger partial charge in [0.25, 0.3) is 0 Å². The number of carbonyl (C=O) groups is 1. The van der Waals surface area contributed by atoms with E-state index in [1.165, 1.54) is 0 Å². The third-order valence-electron chi connectivity index (χ3n) is 4.93. The van der Waals surface area contributed by atoms with Gasteiger partial charge in [-0.3, -0.25) is 4.79 Å². The molecule has 0 radical (unpaired) electrons. The molecule has 1 amide bonds. The third kappa shape index (κ3) is 2.92. The van der Waals surface area contributed by atoms with Crippen LogP contribution in [0.3, 0.4) is 0 Å². The zero-order chi connectivity index (χ0) is 19.1. The Kier molecular flexibility index (Phi) is 4.28. The lowest BCUT2D eigenvalue weighted by atomic mass is 10.0. The molecule has 0 saturated carbocycles. The number of aromatic nitrogens is 1. The summed E-state index contributed by atoms with van der Waals surface area (Å²) < 4.78 is 2.10. The second-order valence-electron chi connectivity index (χ2n) is 6.64. The molecule has 0 unspecified atom stereocenters. The molecule has 0 aliphatic heterocycles. The number of nitrogens with zero attached hydrogens (tertiary/aromatic N) is 1. The van der Waals surface area contributed by atoms with E-state index >= 15 is 0 Å². The predicted molar refractivity (Wildman–Crippen MR) is 110 cm³/mol. The summed E-state index contributed by atoms with van der Waals surface area (Å²) in [5.74, 6) is -0.353. The number of benzene rings is 3. The van der Waals surface area contributed by atoms with Crippen LogP contribution in [0.15, 0.2) is 54.6 Å². The van der Waals surface area contributed by atoms with Crippen LogP contribution in [-0.4, -0.2) is 15.6 Å². The van der Waals surface area contributed by atoms with E-state index in [0.29, 0.717) is 27.9 Å². The Morgan fingerprint density at radius 1 is 1.04 bits per heavy atom. The van der Waals surface area contributed by atoms with Gasteiger partial charge in [0.1, 0.15) is 5.75 Å². The summed E-state index contributed by atoms with van der Waals surface area (Å²) in [7, 11) is 0. The van der Waals surface area contributed by atoms with Crippen molar-refractivity contribution >= 4 is 39.3 Å². The molecule has 1 aromatic heterocycles. The van der Waals surface area contributed by atoms with Gasteiger partial charge >= 0.3 is 0 Å². The van der Waals surface area contributed by atoms with Crippen molar-refractivity contribution in [2.45, 2.75) is 19.9 Å². The maximum Gasteiger partial charge on any atom is 0.249 e. The maximum absolute atomic E-state index is 12.0.